The van der Waals surface area contributed by atoms with Crippen LogP contribution in [0.2, 0.25) is 0 Å². The number of hydrazone groups is 1. The lowest BCUT2D eigenvalue weighted by atomic mass is 10.2. The number of carbonyl (C=O) groups excluding carboxylic acids is 2. The average Bonchev–Trinajstić information content (AvgIpc) is 3.15. The van der Waals surface area contributed by atoms with Gasteiger partial charge in [-0.1, -0.05) is 36.4 Å². The van der Waals surface area contributed by atoms with E-state index in [1.54, 1.807) is 55.1 Å². The van der Waals surface area contributed by atoms with Crippen LogP contribution in [0.3, 0.4) is 0 Å². The van der Waals surface area contributed by atoms with Crippen LogP contribution < -0.4 is 5.01 Å². The first-order chi connectivity index (χ1) is 17.1. The molecule has 0 radical (unpaired) electrons. The van der Waals surface area contributed by atoms with E-state index in [1.807, 2.05) is 0 Å². The standard InChI is InChI=1S/C25H20F3N5O3/c1-16-21-11-18(14-29-23(21)32(2)31-16)24(35)36-15-22(34)33(30-13-17-7-4-3-5-8-17)20-10-6-9-19(12-20)25(26,27)28/h3-14H,15H2,1-2H3/b30-13+. The summed E-state index contributed by atoms with van der Waals surface area (Å²) in [5.41, 5.74) is 0.876. The third kappa shape index (κ3) is 5.40. The van der Waals surface area contributed by atoms with Gasteiger partial charge in [-0.15, -0.1) is 0 Å². The number of amides is 1. The number of esters is 1. The highest BCUT2D eigenvalue weighted by Crippen LogP contribution is 2.32. The number of anilines is 1. The molecular weight excluding hydrogens is 475 g/mol. The molecule has 4 aromatic rings. The predicted octanol–water partition coefficient (Wildman–Crippen LogP) is 4.52. The molecule has 0 spiro atoms. The molecule has 0 saturated carbocycles. The SMILES string of the molecule is Cc1nn(C)c2ncc(C(=O)OCC(=O)N(/N=C/c3ccccc3)c3cccc(C(F)(F)F)c3)cc12. The molecule has 2 heterocycles. The number of rotatable bonds is 6. The molecule has 8 nitrogen and oxygen atoms in total. The van der Waals surface area contributed by atoms with Gasteiger partial charge in [-0.05, 0) is 36.8 Å². The van der Waals surface area contributed by atoms with Gasteiger partial charge in [-0.2, -0.15) is 28.4 Å². The fourth-order valence-corrected chi connectivity index (χ4v) is 3.44. The Morgan fingerprint density at radius 2 is 1.86 bits per heavy atom. The molecule has 0 unspecified atom stereocenters. The zero-order valence-corrected chi connectivity index (χ0v) is 19.2. The number of halogens is 3. The number of alkyl halides is 3. The topological polar surface area (TPSA) is 89.7 Å². The molecule has 2 aromatic heterocycles. The molecule has 0 saturated heterocycles. The molecule has 36 heavy (non-hydrogen) atoms. The van der Waals surface area contributed by atoms with E-state index in [9.17, 15) is 22.8 Å². The number of carbonyl (C=O) groups is 2. The fourth-order valence-electron chi connectivity index (χ4n) is 3.44. The lowest BCUT2D eigenvalue weighted by Gasteiger charge is -2.18. The van der Waals surface area contributed by atoms with Crippen molar-refractivity contribution >= 4 is 34.8 Å². The van der Waals surface area contributed by atoms with Crippen molar-refractivity contribution in [3.63, 3.8) is 0 Å². The number of ether oxygens (including phenoxy) is 1. The van der Waals surface area contributed by atoms with E-state index in [4.69, 9.17) is 4.74 Å². The molecule has 11 heteroatoms. The van der Waals surface area contributed by atoms with Crippen LogP contribution in [-0.4, -0.2) is 39.5 Å². The molecule has 0 aliphatic rings. The lowest BCUT2D eigenvalue weighted by molar-refractivity contribution is -0.137. The number of pyridine rings is 1. The largest absolute Gasteiger partial charge is 0.452 e. The second-order valence-electron chi connectivity index (χ2n) is 7.79. The third-order valence-electron chi connectivity index (χ3n) is 5.20. The number of hydrogen-bond donors (Lipinski definition) is 0. The smallest absolute Gasteiger partial charge is 0.416 e. The molecule has 2 aromatic carbocycles. The van der Waals surface area contributed by atoms with Gasteiger partial charge in [-0.3, -0.25) is 9.48 Å². The van der Waals surface area contributed by atoms with Gasteiger partial charge >= 0.3 is 12.1 Å². The highest BCUT2D eigenvalue weighted by Gasteiger charge is 2.31. The van der Waals surface area contributed by atoms with E-state index >= 15 is 0 Å². The Morgan fingerprint density at radius 1 is 1.11 bits per heavy atom. The number of hydrogen-bond acceptors (Lipinski definition) is 6. The van der Waals surface area contributed by atoms with Crippen LogP contribution in [0, 0.1) is 6.92 Å². The first-order valence-corrected chi connectivity index (χ1v) is 10.7. The van der Waals surface area contributed by atoms with Gasteiger partial charge in [0.25, 0.3) is 5.91 Å². The van der Waals surface area contributed by atoms with Crippen molar-refractivity contribution < 1.29 is 27.5 Å². The summed E-state index contributed by atoms with van der Waals surface area (Å²) in [7, 11) is 1.72. The Balaban J connectivity index is 1.56. The first kappa shape index (κ1) is 24.6. The van der Waals surface area contributed by atoms with E-state index in [-0.39, 0.29) is 11.3 Å². The van der Waals surface area contributed by atoms with Crippen LogP contribution in [-0.2, 0) is 22.8 Å². The van der Waals surface area contributed by atoms with Crippen molar-refractivity contribution in [2.75, 3.05) is 11.6 Å². The normalized spacial score (nSPS) is 11.7. The van der Waals surface area contributed by atoms with E-state index in [0.29, 0.717) is 22.3 Å². The molecule has 0 aliphatic heterocycles. The minimum Gasteiger partial charge on any atom is -0.452 e. The minimum atomic E-state index is -4.61. The van der Waals surface area contributed by atoms with Gasteiger partial charge in [-0.25, -0.2) is 9.78 Å². The monoisotopic (exact) mass is 495 g/mol. The summed E-state index contributed by atoms with van der Waals surface area (Å²) in [6.07, 6.45) is -1.99. The summed E-state index contributed by atoms with van der Waals surface area (Å²) < 4.78 is 46.4. The molecule has 4 rings (SSSR count). The van der Waals surface area contributed by atoms with Gasteiger partial charge in [0.1, 0.15) is 0 Å². The van der Waals surface area contributed by atoms with Crippen LogP contribution >= 0.6 is 0 Å². The van der Waals surface area contributed by atoms with Crippen LogP contribution in [0.15, 0.2) is 72.0 Å². The van der Waals surface area contributed by atoms with E-state index in [0.717, 1.165) is 17.1 Å². The number of benzene rings is 2. The van der Waals surface area contributed by atoms with Crippen molar-refractivity contribution in [2.45, 2.75) is 13.1 Å². The van der Waals surface area contributed by atoms with Gasteiger partial charge in [0.2, 0.25) is 0 Å². The minimum absolute atomic E-state index is 0.102. The van der Waals surface area contributed by atoms with Crippen LogP contribution in [0.25, 0.3) is 11.0 Å². The molecule has 0 fully saturated rings. The molecule has 0 bridgehead atoms. The maximum absolute atomic E-state index is 13.2. The molecule has 0 N–H and O–H groups in total. The zero-order chi connectivity index (χ0) is 25.9. The molecule has 1 amide bonds. The van der Waals surface area contributed by atoms with Crippen molar-refractivity contribution in [1.29, 1.82) is 0 Å². The summed E-state index contributed by atoms with van der Waals surface area (Å²) >= 11 is 0. The molecular formula is C25H20F3N5O3. The second-order valence-corrected chi connectivity index (χ2v) is 7.79. The zero-order valence-electron chi connectivity index (χ0n) is 19.2. The van der Waals surface area contributed by atoms with E-state index in [1.165, 1.54) is 24.5 Å². The summed E-state index contributed by atoms with van der Waals surface area (Å²) in [5.74, 6) is -1.67. The number of aryl methyl sites for hydroxylation is 2. The highest BCUT2D eigenvalue weighted by atomic mass is 19.4. The third-order valence-corrected chi connectivity index (χ3v) is 5.20. The van der Waals surface area contributed by atoms with Crippen molar-refractivity contribution in [1.82, 2.24) is 14.8 Å². The second kappa shape index (κ2) is 9.98. The van der Waals surface area contributed by atoms with Gasteiger partial charge in [0, 0.05) is 18.6 Å². The maximum Gasteiger partial charge on any atom is 0.416 e. The Labute approximate surface area is 203 Å². The number of aromatic nitrogens is 3. The van der Waals surface area contributed by atoms with Gasteiger partial charge < -0.3 is 4.74 Å². The molecule has 184 valence electrons. The first-order valence-electron chi connectivity index (χ1n) is 10.7. The lowest BCUT2D eigenvalue weighted by Crippen LogP contribution is -2.31. The van der Waals surface area contributed by atoms with E-state index < -0.39 is 30.2 Å². The van der Waals surface area contributed by atoms with Crippen molar-refractivity contribution in [3.05, 3.63) is 89.2 Å². The summed E-state index contributed by atoms with van der Waals surface area (Å²) in [5, 5.41) is 9.72. The van der Waals surface area contributed by atoms with Crippen LogP contribution in [0.4, 0.5) is 18.9 Å². The van der Waals surface area contributed by atoms with E-state index in [2.05, 4.69) is 15.2 Å². The van der Waals surface area contributed by atoms with Crippen molar-refractivity contribution in [2.24, 2.45) is 12.1 Å². The molecule has 0 atom stereocenters. The Hall–Kier alpha value is -4.54. The van der Waals surface area contributed by atoms with Crippen LogP contribution in [0.5, 0.6) is 0 Å². The highest BCUT2D eigenvalue weighted by molar-refractivity contribution is 5.99. The summed E-state index contributed by atoms with van der Waals surface area (Å²) in [6.45, 7) is 1.01. The average molecular weight is 495 g/mol. The fraction of sp³-hybridized carbons (Fsp3) is 0.160. The summed E-state index contributed by atoms with van der Waals surface area (Å²) in [4.78, 5) is 29.7. The van der Waals surface area contributed by atoms with Crippen molar-refractivity contribution in [3.8, 4) is 0 Å². The Morgan fingerprint density at radius 3 is 2.58 bits per heavy atom. The Kier molecular flexibility index (Phi) is 6.82. The summed E-state index contributed by atoms with van der Waals surface area (Å²) in [6, 6.07) is 14.4. The maximum atomic E-state index is 13.2. The Bertz CT molecular complexity index is 1450. The predicted molar refractivity (Wildman–Crippen MR) is 126 cm³/mol. The number of nitrogens with zero attached hydrogens (tertiary/aromatic N) is 5. The quantitative estimate of drug-likeness (QED) is 0.223. The van der Waals surface area contributed by atoms with Gasteiger partial charge in [0.05, 0.1) is 28.7 Å². The number of fused-ring (bicyclic) bond motifs is 1. The van der Waals surface area contributed by atoms with Gasteiger partial charge in [0.15, 0.2) is 12.3 Å². The molecule has 0 aliphatic carbocycles. The van der Waals surface area contributed by atoms with Crippen LogP contribution in [0.1, 0.15) is 27.2 Å².